The molecule has 142 valence electrons. The molecule has 1 unspecified atom stereocenters. The zero-order valence-electron chi connectivity index (χ0n) is 15.6. The summed E-state index contributed by atoms with van der Waals surface area (Å²) in [5.41, 5.74) is -0.285. The predicted octanol–water partition coefficient (Wildman–Crippen LogP) is 1.40. The van der Waals surface area contributed by atoms with Gasteiger partial charge in [-0.1, -0.05) is 19.3 Å². The number of ether oxygens (including phenoxy) is 1. The lowest BCUT2D eigenvalue weighted by Crippen LogP contribution is -2.59. The molecule has 6 heteroatoms. The monoisotopic (exact) mass is 351 g/mol. The number of carbonyl (C=O) groups excluding carboxylic acids is 2. The first kappa shape index (κ1) is 18.6. The normalized spacial score (nSPS) is 27.0. The van der Waals surface area contributed by atoms with Crippen LogP contribution in [0.4, 0.5) is 0 Å². The van der Waals surface area contributed by atoms with Gasteiger partial charge in [-0.05, 0) is 38.8 Å². The van der Waals surface area contributed by atoms with Crippen molar-refractivity contribution in [2.45, 2.75) is 56.9 Å². The standard InChI is InChI=1S/C19H33N3O3/c1-25-12-11-21-15-16(13-17(21)23)14-20-18(24)19(7-3-2-4-8-19)22-9-5-6-10-22/h16H,2-15H2,1H3,(H,20,24). The number of methoxy groups -OCH3 is 1. The third kappa shape index (κ3) is 4.17. The molecule has 3 aliphatic rings. The van der Waals surface area contributed by atoms with E-state index in [0.717, 1.165) is 45.3 Å². The Kier molecular flexibility index (Phi) is 6.34. The molecule has 3 fully saturated rings. The third-order valence-electron chi connectivity index (χ3n) is 6.23. The molecule has 0 radical (unpaired) electrons. The SMILES string of the molecule is COCCN1CC(CNC(=O)C2(N3CCCC3)CCCCC2)CC1=O. The number of carbonyl (C=O) groups is 2. The Morgan fingerprint density at radius 2 is 1.92 bits per heavy atom. The van der Waals surface area contributed by atoms with Crippen LogP contribution in [0.25, 0.3) is 0 Å². The minimum atomic E-state index is -0.285. The number of hydrogen-bond donors (Lipinski definition) is 1. The summed E-state index contributed by atoms with van der Waals surface area (Å²) in [6, 6.07) is 0. The van der Waals surface area contributed by atoms with E-state index >= 15 is 0 Å². The van der Waals surface area contributed by atoms with Gasteiger partial charge >= 0.3 is 0 Å². The highest BCUT2D eigenvalue weighted by Crippen LogP contribution is 2.36. The van der Waals surface area contributed by atoms with Gasteiger partial charge in [0, 0.05) is 39.1 Å². The van der Waals surface area contributed by atoms with E-state index < -0.39 is 0 Å². The summed E-state index contributed by atoms with van der Waals surface area (Å²) < 4.78 is 5.07. The highest BCUT2D eigenvalue weighted by atomic mass is 16.5. The fourth-order valence-corrected chi connectivity index (χ4v) is 4.78. The zero-order chi connectivity index (χ0) is 17.7. The Bertz CT molecular complexity index is 471. The molecule has 0 aromatic rings. The number of likely N-dealkylation sites (tertiary alicyclic amines) is 2. The molecule has 3 rings (SSSR count). The fourth-order valence-electron chi connectivity index (χ4n) is 4.78. The van der Waals surface area contributed by atoms with E-state index in [1.165, 1.54) is 19.3 Å². The van der Waals surface area contributed by atoms with Crippen LogP contribution in [-0.4, -0.2) is 73.6 Å². The summed E-state index contributed by atoms with van der Waals surface area (Å²) in [4.78, 5) is 29.5. The van der Waals surface area contributed by atoms with Gasteiger partial charge in [0.05, 0.1) is 6.61 Å². The van der Waals surface area contributed by atoms with Crippen molar-refractivity contribution in [1.29, 1.82) is 0 Å². The molecule has 1 saturated carbocycles. The van der Waals surface area contributed by atoms with E-state index in [4.69, 9.17) is 4.74 Å². The Morgan fingerprint density at radius 1 is 1.20 bits per heavy atom. The van der Waals surface area contributed by atoms with Gasteiger partial charge < -0.3 is 15.0 Å². The third-order valence-corrected chi connectivity index (χ3v) is 6.23. The van der Waals surface area contributed by atoms with Crippen molar-refractivity contribution in [3.8, 4) is 0 Å². The van der Waals surface area contributed by atoms with Crippen molar-refractivity contribution < 1.29 is 14.3 Å². The average molecular weight is 351 g/mol. The summed E-state index contributed by atoms with van der Waals surface area (Å²) in [5, 5.41) is 3.22. The van der Waals surface area contributed by atoms with Crippen LogP contribution in [-0.2, 0) is 14.3 Å². The van der Waals surface area contributed by atoms with Gasteiger partial charge in [-0.3, -0.25) is 14.5 Å². The lowest BCUT2D eigenvalue weighted by Gasteiger charge is -2.43. The highest BCUT2D eigenvalue weighted by molar-refractivity contribution is 5.86. The molecule has 0 spiro atoms. The Balaban J connectivity index is 1.54. The van der Waals surface area contributed by atoms with Crippen LogP contribution in [0.2, 0.25) is 0 Å². The van der Waals surface area contributed by atoms with Crippen molar-refractivity contribution in [3.05, 3.63) is 0 Å². The summed E-state index contributed by atoms with van der Waals surface area (Å²) >= 11 is 0. The van der Waals surface area contributed by atoms with Gasteiger partial charge in [-0.15, -0.1) is 0 Å². The molecule has 2 aliphatic heterocycles. The summed E-state index contributed by atoms with van der Waals surface area (Å²) in [6.07, 6.45) is 8.48. The number of rotatable bonds is 7. The van der Waals surface area contributed by atoms with Gasteiger partial charge in [0.1, 0.15) is 5.54 Å². The number of hydrogen-bond acceptors (Lipinski definition) is 4. The lowest BCUT2D eigenvalue weighted by molar-refractivity contribution is -0.135. The highest BCUT2D eigenvalue weighted by Gasteiger charge is 2.45. The first-order valence-electron chi connectivity index (χ1n) is 9.96. The van der Waals surface area contributed by atoms with E-state index in [0.29, 0.717) is 26.1 Å². The average Bonchev–Trinajstić information content (AvgIpc) is 3.28. The fraction of sp³-hybridized carbons (Fsp3) is 0.895. The second-order valence-electron chi connectivity index (χ2n) is 7.90. The largest absolute Gasteiger partial charge is 0.383 e. The second kappa shape index (κ2) is 8.49. The van der Waals surface area contributed by atoms with E-state index in [-0.39, 0.29) is 23.3 Å². The van der Waals surface area contributed by atoms with Crippen LogP contribution in [0, 0.1) is 5.92 Å². The molecular weight excluding hydrogens is 318 g/mol. The maximum atomic E-state index is 13.1. The summed E-state index contributed by atoms with van der Waals surface area (Å²) in [5.74, 6) is 0.618. The van der Waals surface area contributed by atoms with Crippen LogP contribution < -0.4 is 5.32 Å². The van der Waals surface area contributed by atoms with Gasteiger partial charge in [-0.25, -0.2) is 0 Å². The first-order valence-corrected chi connectivity index (χ1v) is 9.96. The number of nitrogens with one attached hydrogen (secondary N) is 1. The van der Waals surface area contributed by atoms with E-state index in [9.17, 15) is 9.59 Å². The maximum Gasteiger partial charge on any atom is 0.240 e. The molecule has 1 N–H and O–H groups in total. The molecule has 6 nitrogen and oxygen atoms in total. The van der Waals surface area contributed by atoms with Crippen molar-refractivity contribution in [2.75, 3.05) is 46.4 Å². The Morgan fingerprint density at radius 3 is 2.60 bits per heavy atom. The van der Waals surface area contributed by atoms with Gasteiger partial charge in [0.2, 0.25) is 11.8 Å². The molecular formula is C19H33N3O3. The molecule has 0 aromatic heterocycles. The van der Waals surface area contributed by atoms with Gasteiger partial charge in [-0.2, -0.15) is 0 Å². The van der Waals surface area contributed by atoms with Gasteiger partial charge in [0.15, 0.2) is 0 Å². The van der Waals surface area contributed by atoms with Crippen LogP contribution in [0.15, 0.2) is 0 Å². The smallest absolute Gasteiger partial charge is 0.240 e. The van der Waals surface area contributed by atoms with Crippen LogP contribution >= 0.6 is 0 Å². The van der Waals surface area contributed by atoms with E-state index in [1.807, 2.05) is 4.90 Å². The van der Waals surface area contributed by atoms with Crippen LogP contribution in [0.1, 0.15) is 51.4 Å². The Labute approximate surface area is 151 Å². The number of nitrogens with zero attached hydrogens (tertiary/aromatic N) is 2. The molecule has 2 heterocycles. The van der Waals surface area contributed by atoms with Crippen molar-refractivity contribution in [3.63, 3.8) is 0 Å². The molecule has 1 atom stereocenters. The van der Waals surface area contributed by atoms with E-state index in [2.05, 4.69) is 10.2 Å². The molecule has 1 aliphatic carbocycles. The number of amides is 2. The zero-order valence-corrected chi connectivity index (χ0v) is 15.6. The van der Waals surface area contributed by atoms with Crippen molar-refractivity contribution >= 4 is 11.8 Å². The Hall–Kier alpha value is -1.14. The van der Waals surface area contributed by atoms with Crippen molar-refractivity contribution in [1.82, 2.24) is 15.1 Å². The predicted molar refractivity (Wildman–Crippen MR) is 96.2 cm³/mol. The summed E-state index contributed by atoms with van der Waals surface area (Å²) in [7, 11) is 1.65. The molecule has 2 saturated heterocycles. The quantitative estimate of drug-likeness (QED) is 0.753. The maximum absolute atomic E-state index is 13.1. The second-order valence-corrected chi connectivity index (χ2v) is 7.90. The molecule has 0 bridgehead atoms. The molecule has 2 amide bonds. The first-order chi connectivity index (χ1) is 12.2. The molecule has 25 heavy (non-hydrogen) atoms. The van der Waals surface area contributed by atoms with Gasteiger partial charge in [0.25, 0.3) is 0 Å². The minimum absolute atomic E-state index is 0.184. The van der Waals surface area contributed by atoms with E-state index in [1.54, 1.807) is 7.11 Å². The van der Waals surface area contributed by atoms with Crippen molar-refractivity contribution in [2.24, 2.45) is 5.92 Å². The topological polar surface area (TPSA) is 61.9 Å². The minimum Gasteiger partial charge on any atom is -0.383 e. The lowest BCUT2D eigenvalue weighted by atomic mass is 9.79. The molecule has 0 aromatic carbocycles. The summed E-state index contributed by atoms with van der Waals surface area (Å²) in [6.45, 7) is 4.68. The van der Waals surface area contributed by atoms with Crippen LogP contribution in [0.5, 0.6) is 0 Å². The van der Waals surface area contributed by atoms with Crippen LogP contribution in [0.3, 0.4) is 0 Å².